The lowest BCUT2D eigenvalue weighted by atomic mass is 10.2. The van der Waals surface area contributed by atoms with Gasteiger partial charge in [-0.15, -0.1) is 0 Å². The van der Waals surface area contributed by atoms with E-state index in [1.165, 1.54) is 13.2 Å². The Bertz CT molecular complexity index is 859. The average Bonchev–Trinajstić information content (AvgIpc) is 2.66. The highest BCUT2D eigenvalue weighted by Gasteiger charge is 2.14. The number of hydrogen-bond donors (Lipinski definition) is 2. The van der Waals surface area contributed by atoms with Gasteiger partial charge in [0.05, 0.1) is 23.4 Å². The van der Waals surface area contributed by atoms with E-state index in [0.717, 1.165) is 12.1 Å². The van der Waals surface area contributed by atoms with Crippen LogP contribution in [0.5, 0.6) is 5.75 Å². The van der Waals surface area contributed by atoms with Gasteiger partial charge in [-0.05, 0) is 30.3 Å². The van der Waals surface area contributed by atoms with Gasteiger partial charge in [0, 0.05) is 0 Å². The molecule has 0 aliphatic heterocycles. The largest absolute Gasteiger partial charge is 0.496 e. The molecule has 0 bridgehead atoms. The number of para-hydroxylation sites is 1. The normalized spacial score (nSPS) is 10.0. The first kappa shape index (κ1) is 20.2. The molecule has 2 aromatic carbocycles. The number of anilines is 1. The lowest BCUT2D eigenvalue weighted by molar-refractivity contribution is -0.146. The number of ether oxygens (including phenoxy) is 2. The monoisotopic (exact) mass is 394 g/mol. The molecule has 0 radical (unpaired) electrons. The zero-order valence-corrected chi connectivity index (χ0v) is 15.0. The van der Waals surface area contributed by atoms with Crippen molar-refractivity contribution < 1.29 is 28.2 Å². The van der Waals surface area contributed by atoms with Crippen molar-refractivity contribution in [2.45, 2.75) is 0 Å². The van der Waals surface area contributed by atoms with Crippen molar-refractivity contribution in [2.24, 2.45) is 0 Å². The van der Waals surface area contributed by atoms with Crippen LogP contribution < -0.4 is 15.4 Å². The number of methoxy groups -OCH3 is 1. The van der Waals surface area contributed by atoms with Crippen LogP contribution in [0.1, 0.15) is 10.4 Å². The lowest BCUT2D eigenvalue weighted by Gasteiger charge is -2.10. The number of benzene rings is 2. The molecule has 0 saturated carbocycles. The van der Waals surface area contributed by atoms with Crippen LogP contribution >= 0.6 is 11.6 Å². The number of amides is 2. The Hall–Kier alpha value is -3.13. The Balaban J connectivity index is 1.78. The van der Waals surface area contributed by atoms with Crippen LogP contribution in [0.25, 0.3) is 0 Å². The first-order chi connectivity index (χ1) is 12.9. The zero-order valence-electron chi connectivity index (χ0n) is 14.3. The van der Waals surface area contributed by atoms with Crippen LogP contribution in [-0.4, -0.2) is 38.0 Å². The van der Waals surface area contributed by atoms with Gasteiger partial charge in [-0.2, -0.15) is 0 Å². The molecule has 0 unspecified atom stereocenters. The molecule has 142 valence electrons. The molecule has 2 aromatic rings. The van der Waals surface area contributed by atoms with E-state index in [9.17, 15) is 18.8 Å². The van der Waals surface area contributed by atoms with Gasteiger partial charge in [0.25, 0.3) is 11.8 Å². The minimum atomic E-state index is -0.807. The van der Waals surface area contributed by atoms with Gasteiger partial charge in [-0.25, -0.2) is 4.39 Å². The molecular weight excluding hydrogens is 379 g/mol. The number of carbonyl (C=O) groups excluding carboxylic acids is 3. The highest BCUT2D eigenvalue weighted by atomic mass is 35.5. The van der Waals surface area contributed by atoms with Crippen LogP contribution in [0.3, 0.4) is 0 Å². The number of nitrogens with one attached hydrogen (secondary N) is 2. The average molecular weight is 395 g/mol. The van der Waals surface area contributed by atoms with Crippen LogP contribution in [0, 0.1) is 5.82 Å². The van der Waals surface area contributed by atoms with Crippen molar-refractivity contribution in [3.8, 4) is 5.75 Å². The third-order valence-corrected chi connectivity index (χ3v) is 3.63. The summed E-state index contributed by atoms with van der Waals surface area (Å²) in [6.07, 6.45) is 0. The molecule has 0 aliphatic carbocycles. The summed E-state index contributed by atoms with van der Waals surface area (Å²) in [5, 5.41) is 4.77. The quantitative estimate of drug-likeness (QED) is 0.703. The van der Waals surface area contributed by atoms with Crippen LogP contribution in [0.2, 0.25) is 5.02 Å². The summed E-state index contributed by atoms with van der Waals surface area (Å²) in [4.78, 5) is 35.5. The fourth-order valence-corrected chi connectivity index (χ4v) is 2.27. The second kappa shape index (κ2) is 9.54. The van der Waals surface area contributed by atoms with E-state index in [-0.39, 0.29) is 16.3 Å². The Morgan fingerprint density at radius 3 is 2.59 bits per heavy atom. The van der Waals surface area contributed by atoms with Crippen molar-refractivity contribution in [1.29, 1.82) is 0 Å². The van der Waals surface area contributed by atoms with E-state index in [2.05, 4.69) is 10.6 Å². The number of halogens is 2. The summed E-state index contributed by atoms with van der Waals surface area (Å²) in [7, 11) is 1.42. The van der Waals surface area contributed by atoms with Gasteiger partial charge >= 0.3 is 5.97 Å². The Kier molecular flexibility index (Phi) is 7.13. The van der Waals surface area contributed by atoms with Crippen molar-refractivity contribution in [3.63, 3.8) is 0 Å². The highest BCUT2D eigenvalue weighted by Crippen LogP contribution is 2.22. The Morgan fingerprint density at radius 2 is 1.89 bits per heavy atom. The molecule has 0 heterocycles. The number of hydrogen-bond acceptors (Lipinski definition) is 5. The summed E-state index contributed by atoms with van der Waals surface area (Å²) in [5.74, 6) is -2.17. The molecule has 0 saturated heterocycles. The lowest BCUT2D eigenvalue weighted by Crippen LogP contribution is -2.32. The minimum absolute atomic E-state index is 0.0127. The predicted octanol–water partition coefficient (Wildman–Crippen LogP) is 2.40. The molecule has 0 aliphatic rings. The third-order valence-electron chi connectivity index (χ3n) is 3.31. The second-order valence-corrected chi connectivity index (χ2v) is 5.62. The fraction of sp³-hybridized carbons (Fsp3) is 0.167. The van der Waals surface area contributed by atoms with Gasteiger partial charge in [-0.3, -0.25) is 14.4 Å². The molecule has 0 fully saturated rings. The van der Waals surface area contributed by atoms with E-state index in [1.54, 1.807) is 24.3 Å². The molecule has 9 heteroatoms. The van der Waals surface area contributed by atoms with Crippen LogP contribution in [-0.2, 0) is 14.3 Å². The number of rotatable bonds is 7. The van der Waals surface area contributed by atoms with Gasteiger partial charge in [0.1, 0.15) is 18.1 Å². The number of carbonyl (C=O) groups is 3. The summed E-state index contributed by atoms with van der Waals surface area (Å²) in [6, 6.07) is 9.95. The van der Waals surface area contributed by atoms with E-state index in [0.29, 0.717) is 5.75 Å². The Morgan fingerprint density at radius 1 is 1.15 bits per heavy atom. The van der Waals surface area contributed by atoms with Gasteiger partial charge in [0.2, 0.25) is 0 Å². The second-order valence-electron chi connectivity index (χ2n) is 5.22. The van der Waals surface area contributed by atoms with Crippen LogP contribution in [0.15, 0.2) is 42.5 Å². The molecule has 2 N–H and O–H groups in total. The molecule has 7 nitrogen and oxygen atoms in total. The first-order valence-corrected chi connectivity index (χ1v) is 8.10. The topological polar surface area (TPSA) is 93.7 Å². The third kappa shape index (κ3) is 5.96. The summed E-state index contributed by atoms with van der Waals surface area (Å²) in [6.45, 7) is -1.02. The van der Waals surface area contributed by atoms with E-state index in [4.69, 9.17) is 21.1 Å². The molecular formula is C18H16ClFN2O5. The van der Waals surface area contributed by atoms with E-state index >= 15 is 0 Å². The van der Waals surface area contributed by atoms with Crippen molar-refractivity contribution in [1.82, 2.24) is 5.32 Å². The molecule has 0 atom stereocenters. The molecule has 27 heavy (non-hydrogen) atoms. The van der Waals surface area contributed by atoms with Crippen molar-refractivity contribution >= 4 is 35.1 Å². The van der Waals surface area contributed by atoms with E-state index < -0.39 is 36.8 Å². The van der Waals surface area contributed by atoms with Gasteiger partial charge in [0.15, 0.2) is 6.61 Å². The smallest absolute Gasteiger partial charge is 0.325 e. The maximum Gasteiger partial charge on any atom is 0.325 e. The highest BCUT2D eigenvalue weighted by molar-refractivity contribution is 6.33. The fourth-order valence-electron chi connectivity index (χ4n) is 2.05. The summed E-state index contributed by atoms with van der Waals surface area (Å²) >= 11 is 5.78. The van der Waals surface area contributed by atoms with Crippen molar-refractivity contribution in [2.75, 3.05) is 25.6 Å². The molecule has 0 aromatic heterocycles. The molecule has 2 rings (SSSR count). The summed E-state index contributed by atoms with van der Waals surface area (Å²) < 4.78 is 22.8. The summed E-state index contributed by atoms with van der Waals surface area (Å²) in [5.41, 5.74) is 0.445. The maximum absolute atomic E-state index is 13.0. The maximum atomic E-state index is 13.0. The Labute approximate surface area is 159 Å². The van der Waals surface area contributed by atoms with Gasteiger partial charge in [-0.1, -0.05) is 23.7 Å². The standard InChI is InChI=1S/C18H16ClFN2O5/c1-26-15-5-3-2-4-12(15)18(25)21-9-17(24)27-10-16(23)22-14-7-6-11(20)8-13(14)19/h2-8H,9-10H2,1H3,(H,21,25)(H,22,23). The zero-order chi connectivity index (χ0) is 19.8. The first-order valence-electron chi connectivity index (χ1n) is 7.72. The number of esters is 1. The van der Waals surface area contributed by atoms with Crippen molar-refractivity contribution in [3.05, 3.63) is 58.9 Å². The molecule has 2 amide bonds. The van der Waals surface area contributed by atoms with E-state index in [1.807, 2.05) is 0 Å². The van der Waals surface area contributed by atoms with Gasteiger partial charge < -0.3 is 20.1 Å². The minimum Gasteiger partial charge on any atom is -0.496 e. The van der Waals surface area contributed by atoms with Crippen LogP contribution in [0.4, 0.5) is 10.1 Å². The molecule has 0 spiro atoms. The predicted molar refractivity (Wildman–Crippen MR) is 96.3 cm³/mol. The SMILES string of the molecule is COc1ccccc1C(=O)NCC(=O)OCC(=O)Nc1ccc(F)cc1Cl.